The summed E-state index contributed by atoms with van der Waals surface area (Å²) in [6.45, 7) is 8.26. The maximum Gasteiger partial charge on any atom is 0.246 e. The highest BCUT2D eigenvalue weighted by Crippen LogP contribution is 2.29. The van der Waals surface area contributed by atoms with E-state index in [9.17, 15) is 4.79 Å². The molecule has 1 aromatic rings. The van der Waals surface area contributed by atoms with Gasteiger partial charge in [-0.15, -0.1) is 0 Å². The first kappa shape index (κ1) is 18.5. The van der Waals surface area contributed by atoms with Crippen LogP contribution in [0.2, 0.25) is 5.15 Å². The Morgan fingerprint density at radius 1 is 1.40 bits per heavy atom. The van der Waals surface area contributed by atoms with Gasteiger partial charge in [0.25, 0.3) is 0 Å². The van der Waals surface area contributed by atoms with Gasteiger partial charge in [-0.2, -0.15) is 5.10 Å². The Morgan fingerprint density at radius 2 is 2.16 bits per heavy atom. The molecule has 2 fully saturated rings. The smallest absolute Gasteiger partial charge is 0.246 e. The predicted octanol–water partition coefficient (Wildman–Crippen LogP) is 3.68. The summed E-state index contributed by atoms with van der Waals surface area (Å²) in [6.07, 6.45) is 8.14. The number of hydrogen-bond acceptors (Lipinski definition) is 3. The van der Waals surface area contributed by atoms with E-state index >= 15 is 0 Å². The number of carbonyl (C=O) groups is 1. The third kappa shape index (κ3) is 4.09. The van der Waals surface area contributed by atoms with Crippen molar-refractivity contribution in [2.75, 3.05) is 13.2 Å². The lowest BCUT2D eigenvalue weighted by Gasteiger charge is -2.43. The third-order valence-electron chi connectivity index (χ3n) is 5.06. The Bertz CT molecular complexity index is 651. The molecule has 0 N–H and O–H groups in total. The molecule has 2 atom stereocenters. The quantitative estimate of drug-likeness (QED) is 0.764. The molecule has 2 aliphatic rings. The number of amides is 1. The highest BCUT2D eigenvalue weighted by atomic mass is 35.5. The van der Waals surface area contributed by atoms with Crippen molar-refractivity contribution in [3.63, 3.8) is 0 Å². The van der Waals surface area contributed by atoms with Gasteiger partial charge in [-0.3, -0.25) is 9.48 Å². The number of morpholine rings is 1. The van der Waals surface area contributed by atoms with Crippen molar-refractivity contribution in [1.82, 2.24) is 14.7 Å². The first-order chi connectivity index (χ1) is 12.0. The minimum atomic E-state index is 0.0484. The van der Waals surface area contributed by atoms with Crippen molar-refractivity contribution in [1.29, 1.82) is 0 Å². The number of halogens is 1. The summed E-state index contributed by atoms with van der Waals surface area (Å²) >= 11 is 6.46. The molecule has 0 spiro atoms. The molecular formula is C19H28ClN3O2. The second-order valence-corrected chi connectivity index (χ2v) is 7.85. The zero-order valence-corrected chi connectivity index (χ0v) is 16.1. The van der Waals surface area contributed by atoms with Crippen LogP contribution in [0.4, 0.5) is 0 Å². The van der Waals surface area contributed by atoms with Crippen molar-refractivity contribution in [2.24, 2.45) is 5.92 Å². The van der Waals surface area contributed by atoms with E-state index in [1.807, 2.05) is 22.6 Å². The molecule has 3 rings (SSSR count). The average Bonchev–Trinajstić information content (AvgIpc) is 2.85. The molecule has 0 bridgehead atoms. The number of fused-ring (bicyclic) bond motifs is 1. The van der Waals surface area contributed by atoms with Crippen molar-refractivity contribution >= 4 is 23.6 Å². The maximum atomic E-state index is 12.7. The number of hydrogen-bond donors (Lipinski definition) is 0. The molecule has 138 valence electrons. The van der Waals surface area contributed by atoms with Crippen molar-refractivity contribution in [2.45, 2.75) is 65.1 Å². The zero-order valence-electron chi connectivity index (χ0n) is 15.4. The van der Waals surface area contributed by atoms with E-state index in [0.717, 1.165) is 30.6 Å². The molecule has 1 aliphatic heterocycles. The molecule has 5 nitrogen and oxygen atoms in total. The number of carbonyl (C=O) groups excluding carboxylic acids is 1. The van der Waals surface area contributed by atoms with Crippen LogP contribution in [0.1, 0.15) is 50.8 Å². The van der Waals surface area contributed by atoms with Crippen LogP contribution in [0.15, 0.2) is 6.08 Å². The molecule has 0 radical (unpaired) electrons. The van der Waals surface area contributed by atoms with Gasteiger partial charge in [-0.25, -0.2) is 0 Å². The van der Waals surface area contributed by atoms with Gasteiger partial charge in [0, 0.05) is 24.7 Å². The van der Waals surface area contributed by atoms with E-state index in [4.69, 9.17) is 16.3 Å². The first-order valence-electron chi connectivity index (χ1n) is 9.30. The first-order valence-corrected chi connectivity index (χ1v) is 9.68. The highest BCUT2D eigenvalue weighted by molar-refractivity contribution is 6.31. The zero-order chi connectivity index (χ0) is 18.0. The minimum absolute atomic E-state index is 0.0484. The topological polar surface area (TPSA) is 47.4 Å². The number of aryl methyl sites for hydroxylation is 1. The average molecular weight is 366 g/mol. The van der Waals surface area contributed by atoms with Crippen LogP contribution < -0.4 is 0 Å². The van der Waals surface area contributed by atoms with E-state index in [2.05, 4.69) is 18.9 Å². The number of aromatic nitrogens is 2. The summed E-state index contributed by atoms with van der Waals surface area (Å²) < 4.78 is 7.67. The normalized spacial score (nSPS) is 24.1. The molecule has 25 heavy (non-hydrogen) atoms. The summed E-state index contributed by atoms with van der Waals surface area (Å²) in [4.78, 5) is 14.7. The molecule has 2 heterocycles. The van der Waals surface area contributed by atoms with Gasteiger partial charge in [-0.1, -0.05) is 38.3 Å². The fourth-order valence-electron chi connectivity index (χ4n) is 3.84. The lowest BCUT2D eigenvalue weighted by Crippen LogP contribution is -2.54. The van der Waals surface area contributed by atoms with Gasteiger partial charge < -0.3 is 9.64 Å². The standard InChI is InChI=1S/C19H28ClN3O2/c1-13(2)12-23-19(20)15(14(3)21-23)8-9-18(24)22-10-11-25-17-7-5-4-6-16(17)22/h8-9,13,16-17H,4-7,10-12H2,1-3H3. The van der Waals surface area contributed by atoms with E-state index < -0.39 is 0 Å². The summed E-state index contributed by atoms with van der Waals surface area (Å²) in [6, 6.07) is 0.222. The fourth-order valence-corrected chi connectivity index (χ4v) is 4.15. The number of nitrogens with zero attached hydrogens (tertiary/aromatic N) is 3. The molecule has 1 saturated heterocycles. The van der Waals surface area contributed by atoms with Gasteiger partial charge in [0.2, 0.25) is 5.91 Å². The molecule has 2 unspecified atom stereocenters. The maximum absolute atomic E-state index is 12.7. The number of ether oxygens (including phenoxy) is 1. The van der Waals surface area contributed by atoms with E-state index in [1.54, 1.807) is 6.08 Å². The van der Waals surface area contributed by atoms with Gasteiger partial charge in [0.1, 0.15) is 5.15 Å². The van der Waals surface area contributed by atoms with Crippen LogP contribution in [0, 0.1) is 12.8 Å². The fraction of sp³-hybridized carbons (Fsp3) is 0.684. The van der Waals surface area contributed by atoms with Crippen molar-refractivity contribution < 1.29 is 9.53 Å². The molecule has 6 heteroatoms. The Morgan fingerprint density at radius 3 is 2.92 bits per heavy atom. The van der Waals surface area contributed by atoms with Crippen molar-refractivity contribution in [3.8, 4) is 0 Å². The molecule has 1 aliphatic carbocycles. The Labute approximate surface area is 155 Å². The largest absolute Gasteiger partial charge is 0.374 e. The molecule has 1 aromatic heterocycles. The summed E-state index contributed by atoms with van der Waals surface area (Å²) in [7, 11) is 0. The summed E-state index contributed by atoms with van der Waals surface area (Å²) in [5.74, 6) is 0.513. The van der Waals surface area contributed by atoms with Gasteiger partial charge in [-0.05, 0) is 31.8 Å². The SMILES string of the molecule is Cc1nn(CC(C)C)c(Cl)c1C=CC(=O)N1CCOC2CCCCC21. The van der Waals surface area contributed by atoms with E-state index in [1.165, 1.54) is 12.8 Å². The Balaban J connectivity index is 1.73. The molecule has 0 aromatic carbocycles. The summed E-state index contributed by atoms with van der Waals surface area (Å²) in [5.41, 5.74) is 1.69. The Hall–Kier alpha value is -1.33. The predicted molar refractivity (Wildman–Crippen MR) is 99.6 cm³/mol. The number of rotatable bonds is 4. The molecule has 1 amide bonds. The van der Waals surface area contributed by atoms with Crippen molar-refractivity contribution in [3.05, 3.63) is 22.5 Å². The minimum Gasteiger partial charge on any atom is -0.374 e. The van der Waals surface area contributed by atoms with E-state index in [0.29, 0.717) is 24.2 Å². The lowest BCUT2D eigenvalue weighted by molar-refractivity contribution is -0.144. The van der Waals surface area contributed by atoms with Crippen LogP contribution >= 0.6 is 11.6 Å². The van der Waals surface area contributed by atoms with E-state index in [-0.39, 0.29) is 18.1 Å². The monoisotopic (exact) mass is 365 g/mol. The summed E-state index contributed by atoms with van der Waals surface area (Å²) in [5, 5.41) is 5.10. The second kappa shape index (κ2) is 7.92. The third-order valence-corrected chi connectivity index (χ3v) is 5.45. The van der Waals surface area contributed by atoms with Gasteiger partial charge in [0.05, 0.1) is 24.4 Å². The lowest BCUT2D eigenvalue weighted by atomic mass is 9.90. The second-order valence-electron chi connectivity index (χ2n) is 7.49. The highest BCUT2D eigenvalue weighted by Gasteiger charge is 2.35. The van der Waals surface area contributed by atoms with Crippen LogP contribution in [0.5, 0.6) is 0 Å². The van der Waals surface area contributed by atoms with Gasteiger partial charge >= 0.3 is 0 Å². The van der Waals surface area contributed by atoms with Crippen LogP contribution in [0.3, 0.4) is 0 Å². The molecule has 1 saturated carbocycles. The Kier molecular flexibility index (Phi) is 5.85. The molecular weight excluding hydrogens is 338 g/mol. The van der Waals surface area contributed by atoms with Gasteiger partial charge in [0.15, 0.2) is 0 Å². The van der Waals surface area contributed by atoms with Crippen LogP contribution in [0.25, 0.3) is 6.08 Å². The van der Waals surface area contributed by atoms with Crippen LogP contribution in [-0.4, -0.2) is 45.9 Å². The van der Waals surface area contributed by atoms with Crippen LogP contribution in [-0.2, 0) is 16.1 Å².